The summed E-state index contributed by atoms with van der Waals surface area (Å²) in [7, 11) is 0. The number of carbonyl (C=O) groups excluding carboxylic acids is 3. The molecule has 10 heteroatoms. The lowest BCUT2D eigenvalue weighted by molar-refractivity contribution is -0.144. The standard InChI is InChI=1S/C29H35N5O4.ClH/c1-2-15-38-26(35)19-32-24(17-20-7-4-3-5-8-20)29(37)34-14-6-9-25(34)28(36)33-18-21-10-11-23-22(16-21)12-13-31-27(23)30;/h3-5,7-8,10-13,16,24-25,32H,2,6,9,14-15,17-19H2,1H3,(H2,30,31)(H,33,36);1H/t24-,25+;/m1./s1. The maximum Gasteiger partial charge on any atom is 0.319 e. The average molecular weight is 554 g/mol. The number of halogens is 1. The van der Waals surface area contributed by atoms with Crippen molar-refractivity contribution < 1.29 is 19.1 Å². The number of nitrogen functional groups attached to an aromatic ring is 1. The van der Waals surface area contributed by atoms with Gasteiger partial charge in [-0.05, 0) is 54.3 Å². The fourth-order valence-corrected chi connectivity index (χ4v) is 4.74. The summed E-state index contributed by atoms with van der Waals surface area (Å²) in [5.74, 6) is -0.314. The highest BCUT2D eigenvalue weighted by atomic mass is 35.5. The molecule has 3 aromatic rings. The fourth-order valence-electron chi connectivity index (χ4n) is 4.74. The van der Waals surface area contributed by atoms with Gasteiger partial charge >= 0.3 is 5.97 Å². The van der Waals surface area contributed by atoms with Gasteiger partial charge in [-0.1, -0.05) is 49.4 Å². The molecule has 4 rings (SSSR count). The van der Waals surface area contributed by atoms with Gasteiger partial charge < -0.3 is 20.7 Å². The van der Waals surface area contributed by atoms with E-state index in [1.54, 1.807) is 11.1 Å². The molecule has 39 heavy (non-hydrogen) atoms. The SMILES string of the molecule is CCCOC(=O)CN[C@H](Cc1ccccc1)C(=O)N1CCC[C@H]1C(=O)NCc1ccc2c(N)nccc2c1.Cl. The average Bonchev–Trinajstić information content (AvgIpc) is 3.43. The second-order valence-electron chi connectivity index (χ2n) is 9.50. The molecule has 0 radical (unpaired) electrons. The van der Waals surface area contributed by atoms with Crippen molar-refractivity contribution in [2.24, 2.45) is 0 Å². The van der Waals surface area contributed by atoms with Gasteiger partial charge in [0.1, 0.15) is 11.9 Å². The van der Waals surface area contributed by atoms with Gasteiger partial charge in [-0.15, -0.1) is 12.4 Å². The van der Waals surface area contributed by atoms with Gasteiger partial charge in [-0.25, -0.2) is 4.98 Å². The number of benzene rings is 2. The van der Waals surface area contributed by atoms with Crippen LogP contribution in [0.4, 0.5) is 5.82 Å². The monoisotopic (exact) mass is 553 g/mol. The van der Waals surface area contributed by atoms with Crippen LogP contribution in [0.3, 0.4) is 0 Å². The maximum absolute atomic E-state index is 13.7. The third-order valence-electron chi connectivity index (χ3n) is 6.71. The lowest BCUT2D eigenvalue weighted by Gasteiger charge is -2.29. The molecule has 0 aliphatic carbocycles. The van der Waals surface area contributed by atoms with Crippen LogP contribution in [-0.4, -0.2) is 59.4 Å². The van der Waals surface area contributed by atoms with Crippen LogP contribution in [0.5, 0.6) is 0 Å². The number of fused-ring (bicyclic) bond motifs is 1. The first-order valence-electron chi connectivity index (χ1n) is 13.1. The molecule has 0 spiro atoms. The largest absolute Gasteiger partial charge is 0.465 e. The van der Waals surface area contributed by atoms with Crippen LogP contribution < -0.4 is 16.4 Å². The summed E-state index contributed by atoms with van der Waals surface area (Å²) in [5.41, 5.74) is 7.84. The Morgan fingerprint density at radius 1 is 1.13 bits per heavy atom. The van der Waals surface area contributed by atoms with E-state index in [1.807, 2.05) is 61.5 Å². The number of likely N-dealkylation sites (tertiary alicyclic amines) is 1. The van der Waals surface area contributed by atoms with Gasteiger partial charge in [0.05, 0.1) is 19.2 Å². The zero-order valence-corrected chi connectivity index (χ0v) is 22.9. The summed E-state index contributed by atoms with van der Waals surface area (Å²) >= 11 is 0. The minimum Gasteiger partial charge on any atom is -0.465 e. The Labute approximate surface area is 234 Å². The topological polar surface area (TPSA) is 127 Å². The van der Waals surface area contributed by atoms with Crippen molar-refractivity contribution in [2.75, 3.05) is 25.4 Å². The van der Waals surface area contributed by atoms with E-state index in [4.69, 9.17) is 10.5 Å². The number of anilines is 1. The van der Waals surface area contributed by atoms with Crippen molar-refractivity contribution in [3.63, 3.8) is 0 Å². The number of amides is 2. The van der Waals surface area contributed by atoms with Crippen molar-refractivity contribution in [1.82, 2.24) is 20.5 Å². The summed E-state index contributed by atoms with van der Waals surface area (Å²) in [4.78, 5) is 44.7. The van der Waals surface area contributed by atoms with Crippen LogP contribution in [0.15, 0.2) is 60.8 Å². The van der Waals surface area contributed by atoms with Crippen LogP contribution in [0.1, 0.15) is 37.3 Å². The van der Waals surface area contributed by atoms with Crippen LogP contribution in [-0.2, 0) is 32.1 Å². The molecule has 0 saturated carbocycles. The van der Waals surface area contributed by atoms with E-state index in [9.17, 15) is 14.4 Å². The van der Waals surface area contributed by atoms with Crippen molar-refractivity contribution in [2.45, 2.75) is 51.2 Å². The Morgan fingerprint density at radius 2 is 1.92 bits per heavy atom. The third-order valence-corrected chi connectivity index (χ3v) is 6.71. The van der Waals surface area contributed by atoms with E-state index in [1.165, 1.54) is 0 Å². The van der Waals surface area contributed by atoms with Crippen molar-refractivity contribution in [3.05, 3.63) is 71.9 Å². The Balaban J connectivity index is 0.00000420. The molecule has 1 saturated heterocycles. The van der Waals surface area contributed by atoms with E-state index >= 15 is 0 Å². The predicted octanol–water partition coefficient (Wildman–Crippen LogP) is 3.00. The molecular weight excluding hydrogens is 518 g/mol. The predicted molar refractivity (Wildman–Crippen MR) is 153 cm³/mol. The third kappa shape index (κ3) is 7.91. The molecule has 2 atom stereocenters. The van der Waals surface area contributed by atoms with Crippen LogP contribution in [0.2, 0.25) is 0 Å². The highest BCUT2D eigenvalue weighted by molar-refractivity contribution is 5.92. The van der Waals surface area contributed by atoms with Gasteiger partial charge in [-0.2, -0.15) is 0 Å². The molecule has 2 aromatic carbocycles. The molecule has 0 unspecified atom stereocenters. The molecule has 208 valence electrons. The summed E-state index contributed by atoms with van der Waals surface area (Å²) in [6.07, 6.45) is 4.12. The van der Waals surface area contributed by atoms with Crippen LogP contribution >= 0.6 is 12.4 Å². The smallest absolute Gasteiger partial charge is 0.319 e. The Kier molecular flexibility index (Phi) is 11.1. The fraction of sp³-hybridized carbons (Fsp3) is 0.379. The minimum atomic E-state index is -0.653. The number of nitrogens with zero attached hydrogens (tertiary/aromatic N) is 2. The van der Waals surface area contributed by atoms with Crippen molar-refractivity contribution in [1.29, 1.82) is 0 Å². The second kappa shape index (κ2) is 14.5. The Morgan fingerprint density at radius 3 is 2.69 bits per heavy atom. The van der Waals surface area contributed by atoms with E-state index < -0.39 is 18.1 Å². The number of esters is 1. The number of hydrogen-bond acceptors (Lipinski definition) is 7. The normalized spacial score (nSPS) is 15.4. The quantitative estimate of drug-likeness (QED) is 0.311. The van der Waals surface area contributed by atoms with Crippen LogP contribution in [0.25, 0.3) is 10.8 Å². The molecular formula is C29H36ClN5O4. The van der Waals surface area contributed by atoms with E-state index in [0.29, 0.717) is 38.4 Å². The number of carbonyl (C=O) groups is 3. The summed E-state index contributed by atoms with van der Waals surface area (Å²) in [6.45, 7) is 3.02. The van der Waals surface area contributed by atoms with E-state index in [2.05, 4.69) is 15.6 Å². The number of nitrogens with two attached hydrogens (primary N) is 1. The molecule has 9 nitrogen and oxygen atoms in total. The van der Waals surface area contributed by atoms with E-state index in [-0.39, 0.29) is 30.8 Å². The number of rotatable bonds is 11. The summed E-state index contributed by atoms with van der Waals surface area (Å²) < 4.78 is 5.16. The molecule has 2 amide bonds. The highest BCUT2D eigenvalue weighted by Crippen LogP contribution is 2.22. The van der Waals surface area contributed by atoms with E-state index in [0.717, 1.165) is 34.7 Å². The Hall–Kier alpha value is -3.69. The molecule has 0 bridgehead atoms. The van der Waals surface area contributed by atoms with Crippen molar-refractivity contribution in [3.8, 4) is 0 Å². The van der Waals surface area contributed by atoms with Crippen LogP contribution in [0, 0.1) is 0 Å². The summed E-state index contributed by atoms with van der Waals surface area (Å²) in [6, 6.07) is 16.1. The molecule has 1 aliphatic heterocycles. The number of pyridine rings is 1. The first-order chi connectivity index (χ1) is 18.5. The lowest BCUT2D eigenvalue weighted by Crippen LogP contribution is -2.53. The maximum atomic E-state index is 13.7. The minimum absolute atomic E-state index is 0. The number of nitrogens with one attached hydrogen (secondary N) is 2. The van der Waals surface area contributed by atoms with Gasteiger partial charge in [0.15, 0.2) is 0 Å². The Bertz CT molecular complexity index is 1270. The number of aromatic nitrogens is 1. The summed E-state index contributed by atoms with van der Waals surface area (Å²) in [5, 5.41) is 7.89. The molecule has 1 fully saturated rings. The number of ether oxygens (including phenoxy) is 1. The number of hydrogen-bond donors (Lipinski definition) is 3. The van der Waals surface area contributed by atoms with Crippen molar-refractivity contribution >= 4 is 46.8 Å². The van der Waals surface area contributed by atoms with Gasteiger partial charge in [-0.3, -0.25) is 19.7 Å². The van der Waals surface area contributed by atoms with Gasteiger partial charge in [0, 0.05) is 24.7 Å². The second-order valence-corrected chi connectivity index (χ2v) is 9.50. The zero-order valence-electron chi connectivity index (χ0n) is 22.1. The molecule has 1 aromatic heterocycles. The molecule has 2 heterocycles. The van der Waals surface area contributed by atoms with Gasteiger partial charge in [0.25, 0.3) is 0 Å². The van der Waals surface area contributed by atoms with Gasteiger partial charge in [0.2, 0.25) is 11.8 Å². The lowest BCUT2D eigenvalue weighted by atomic mass is 10.0. The highest BCUT2D eigenvalue weighted by Gasteiger charge is 2.37. The molecule has 1 aliphatic rings. The zero-order chi connectivity index (χ0) is 26.9. The molecule has 4 N–H and O–H groups in total. The first-order valence-corrected chi connectivity index (χ1v) is 13.1. The first kappa shape index (κ1) is 29.9.